The van der Waals surface area contributed by atoms with E-state index in [-0.39, 0.29) is 17.3 Å². The first-order valence-electron chi connectivity index (χ1n) is 6.98. The number of hydrogen-bond donors (Lipinski definition) is 1. The van der Waals surface area contributed by atoms with Crippen molar-refractivity contribution in [2.24, 2.45) is 11.8 Å². The number of ether oxygens (including phenoxy) is 1. The van der Waals surface area contributed by atoms with E-state index in [1.54, 1.807) is 0 Å². The minimum Gasteiger partial charge on any atom is -0.386 e. The summed E-state index contributed by atoms with van der Waals surface area (Å²) in [7, 11) is 0. The summed E-state index contributed by atoms with van der Waals surface area (Å²) in [5, 5.41) is 10.8. The van der Waals surface area contributed by atoms with Crippen LogP contribution in [0.5, 0.6) is 0 Å². The van der Waals surface area contributed by atoms with Gasteiger partial charge in [-0.15, -0.1) is 0 Å². The van der Waals surface area contributed by atoms with Crippen molar-refractivity contribution in [1.29, 1.82) is 0 Å². The lowest BCUT2D eigenvalue weighted by atomic mass is 9.74. The van der Waals surface area contributed by atoms with Crippen molar-refractivity contribution in [3.05, 3.63) is 11.1 Å². The standard InChI is InChI=1S/C15H24O2/c1-9(2)15-8-7-14(4,17-15)11-6-5-10(3)12(11)13(15)16/h9,11,13,16H,5-8H2,1-4H3/t11-,13+,14+,15+/m1/s1. The molecule has 2 fully saturated rings. The zero-order valence-electron chi connectivity index (χ0n) is 11.4. The van der Waals surface area contributed by atoms with E-state index in [0.717, 1.165) is 19.3 Å². The topological polar surface area (TPSA) is 29.5 Å². The molecule has 0 aromatic carbocycles. The summed E-state index contributed by atoms with van der Waals surface area (Å²) in [6, 6.07) is 0. The first-order chi connectivity index (χ1) is 7.91. The fraction of sp³-hybridized carbons (Fsp3) is 0.867. The lowest BCUT2D eigenvalue weighted by molar-refractivity contribution is -0.202. The van der Waals surface area contributed by atoms with Gasteiger partial charge in [0.25, 0.3) is 0 Å². The molecule has 2 aliphatic heterocycles. The van der Waals surface area contributed by atoms with Crippen molar-refractivity contribution >= 4 is 0 Å². The predicted molar refractivity (Wildman–Crippen MR) is 67.7 cm³/mol. The lowest BCUT2D eigenvalue weighted by Gasteiger charge is -2.49. The highest BCUT2D eigenvalue weighted by Crippen LogP contribution is 2.59. The molecule has 1 N–H and O–H groups in total. The summed E-state index contributed by atoms with van der Waals surface area (Å²) >= 11 is 0. The molecule has 0 spiro atoms. The Balaban J connectivity index is 2.11. The van der Waals surface area contributed by atoms with Gasteiger partial charge >= 0.3 is 0 Å². The van der Waals surface area contributed by atoms with Crippen LogP contribution in [0.1, 0.15) is 53.4 Å². The first-order valence-corrected chi connectivity index (χ1v) is 6.98. The van der Waals surface area contributed by atoms with Gasteiger partial charge in [-0.25, -0.2) is 0 Å². The van der Waals surface area contributed by atoms with E-state index in [2.05, 4.69) is 27.7 Å². The van der Waals surface area contributed by atoms with Gasteiger partial charge in [-0.3, -0.25) is 0 Å². The van der Waals surface area contributed by atoms with Gasteiger partial charge in [0.05, 0.1) is 5.60 Å². The molecule has 2 nitrogen and oxygen atoms in total. The monoisotopic (exact) mass is 236 g/mol. The molecule has 0 aromatic rings. The van der Waals surface area contributed by atoms with Gasteiger partial charge in [0.2, 0.25) is 0 Å². The molecule has 2 saturated heterocycles. The van der Waals surface area contributed by atoms with E-state index in [1.165, 1.54) is 17.6 Å². The van der Waals surface area contributed by atoms with Crippen molar-refractivity contribution < 1.29 is 9.84 Å². The molecule has 4 atom stereocenters. The normalized spacial score (nSPS) is 49.1. The van der Waals surface area contributed by atoms with Crippen molar-refractivity contribution in [2.75, 3.05) is 0 Å². The highest BCUT2D eigenvalue weighted by atomic mass is 16.5. The summed E-state index contributed by atoms with van der Waals surface area (Å²) in [5.41, 5.74) is 2.41. The molecule has 17 heavy (non-hydrogen) atoms. The van der Waals surface area contributed by atoms with E-state index in [0.29, 0.717) is 11.8 Å². The summed E-state index contributed by atoms with van der Waals surface area (Å²) < 4.78 is 6.42. The number of allylic oxidation sites excluding steroid dienone is 1. The predicted octanol–water partition coefficient (Wildman–Crippen LogP) is 3.05. The van der Waals surface area contributed by atoms with Crippen LogP contribution in [0.2, 0.25) is 0 Å². The maximum Gasteiger partial charge on any atom is 0.105 e. The third-order valence-corrected chi connectivity index (χ3v) is 5.58. The molecule has 0 amide bonds. The Morgan fingerprint density at radius 1 is 1.35 bits per heavy atom. The molecular weight excluding hydrogens is 212 g/mol. The van der Waals surface area contributed by atoms with Gasteiger partial charge in [0, 0.05) is 5.92 Å². The molecule has 1 aliphatic carbocycles. The summed E-state index contributed by atoms with van der Waals surface area (Å²) in [4.78, 5) is 0. The summed E-state index contributed by atoms with van der Waals surface area (Å²) in [6.45, 7) is 8.81. The van der Waals surface area contributed by atoms with Crippen LogP contribution in [0.4, 0.5) is 0 Å². The van der Waals surface area contributed by atoms with Gasteiger partial charge in [-0.1, -0.05) is 19.4 Å². The van der Waals surface area contributed by atoms with Crippen molar-refractivity contribution in [1.82, 2.24) is 0 Å². The molecular formula is C15H24O2. The van der Waals surface area contributed by atoms with E-state index in [9.17, 15) is 5.11 Å². The molecule has 2 heteroatoms. The Morgan fingerprint density at radius 2 is 2.06 bits per heavy atom. The molecule has 3 aliphatic rings. The number of fused-ring (bicyclic) bond motifs is 4. The summed E-state index contributed by atoms with van der Waals surface area (Å²) in [5.74, 6) is 0.841. The van der Waals surface area contributed by atoms with Gasteiger partial charge in [-0.05, 0) is 51.0 Å². The molecule has 0 unspecified atom stereocenters. The fourth-order valence-electron chi connectivity index (χ4n) is 4.42. The molecule has 2 bridgehead atoms. The smallest absolute Gasteiger partial charge is 0.105 e. The van der Waals surface area contributed by atoms with Crippen LogP contribution >= 0.6 is 0 Å². The van der Waals surface area contributed by atoms with Gasteiger partial charge < -0.3 is 9.84 Å². The quantitative estimate of drug-likeness (QED) is 0.709. The SMILES string of the molecule is CC1=C2[C@@H](CC1)[C@]1(C)CC[C@@](C(C)C)(O1)[C@H]2O. The maximum atomic E-state index is 10.8. The molecule has 2 heterocycles. The summed E-state index contributed by atoms with van der Waals surface area (Å²) in [6.07, 6.45) is 4.05. The number of hydrogen-bond acceptors (Lipinski definition) is 2. The lowest BCUT2D eigenvalue weighted by Crippen LogP contribution is -2.56. The molecule has 96 valence electrons. The third-order valence-electron chi connectivity index (χ3n) is 5.58. The molecule has 0 saturated carbocycles. The molecule has 3 rings (SSSR count). The Hall–Kier alpha value is -0.340. The van der Waals surface area contributed by atoms with Crippen LogP contribution in [0, 0.1) is 11.8 Å². The third kappa shape index (κ3) is 1.29. The van der Waals surface area contributed by atoms with Gasteiger partial charge in [0.1, 0.15) is 11.7 Å². The van der Waals surface area contributed by atoms with Gasteiger partial charge in [-0.2, -0.15) is 0 Å². The van der Waals surface area contributed by atoms with Crippen molar-refractivity contribution in [2.45, 2.75) is 70.7 Å². The van der Waals surface area contributed by atoms with Crippen molar-refractivity contribution in [3.63, 3.8) is 0 Å². The first kappa shape index (κ1) is 11.7. The van der Waals surface area contributed by atoms with E-state index in [4.69, 9.17) is 4.74 Å². The zero-order valence-corrected chi connectivity index (χ0v) is 11.4. The number of aliphatic hydroxyl groups excluding tert-OH is 1. The largest absolute Gasteiger partial charge is 0.386 e. The minimum absolute atomic E-state index is 0.0173. The second-order valence-electron chi connectivity index (χ2n) is 6.75. The Bertz CT molecular complexity index is 384. The molecule has 0 radical (unpaired) electrons. The average molecular weight is 236 g/mol. The number of rotatable bonds is 1. The van der Waals surface area contributed by atoms with Crippen LogP contribution in [-0.2, 0) is 4.74 Å². The minimum atomic E-state index is -0.370. The van der Waals surface area contributed by atoms with Gasteiger partial charge in [0.15, 0.2) is 0 Å². The zero-order chi connectivity index (χ0) is 12.4. The Kier molecular flexibility index (Phi) is 2.32. The Labute approximate surface area is 104 Å². The second kappa shape index (κ2) is 3.36. The molecule has 0 aromatic heterocycles. The fourth-order valence-corrected chi connectivity index (χ4v) is 4.42. The van der Waals surface area contributed by atoms with E-state index >= 15 is 0 Å². The van der Waals surface area contributed by atoms with Crippen LogP contribution < -0.4 is 0 Å². The van der Waals surface area contributed by atoms with Crippen LogP contribution in [-0.4, -0.2) is 22.4 Å². The number of aliphatic hydroxyl groups is 1. The average Bonchev–Trinajstić information content (AvgIpc) is 2.78. The van der Waals surface area contributed by atoms with Crippen LogP contribution in [0.15, 0.2) is 11.1 Å². The highest BCUT2D eigenvalue weighted by Gasteiger charge is 2.63. The second-order valence-corrected chi connectivity index (χ2v) is 6.75. The van der Waals surface area contributed by atoms with E-state index in [1.807, 2.05) is 0 Å². The maximum absolute atomic E-state index is 10.8. The Morgan fingerprint density at radius 3 is 2.71 bits per heavy atom. The van der Waals surface area contributed by atoms with Crippen molar-refractivity contribution in [3.8, 4) is 0 Å². The highest BCUT2D eigenvalue weighted by molar-refractivity contribution is 5.35. The van der Waals surface area contributed by atoms with Crippen LogP contribution in [0.3, 0.4) is 0 Å². The van der Waals surface area contributed by atoms with Crippen LogP contribution in [0.25, 0.3) is 0 Å². The van der Waals surface area contributed by atoms with E-state index < -0.39 is 0 Å².